The maximum Gasteiger partial charge on any atom is 0.271 e. The molecule has 92 heavy (non-hydrogen) atoms. The van der Waals surface area contributed by atoms with E-state index < -0.39 is 26.5 Å². The predicted octanol–water partition coefficient (Wildman–Crippen LogP) is 16.3. The molecule has 0 unspecified atom stereocenters. The van der Waals surface area contributed by atoms with Crippen molar-refractivity contribution in [3.05, 3.63) is 153 Å². The van der Waals surface area contributed by atoms with Crippen molar-refractivity contribution in [1.29, 1.82) is 0 Å². The van der Waals surface area contributed by atoms with Crippen molar-refractivity contribution >= 4 is 51.3 Å². The Morgan fingerprint density at radius 2 is 0.826 bits per heavy atom. The summed E-state index contributed by atoms with van der Waals surface area (Å²) in [5.41, 5.74) is 8.05. The molecule has 22 nitrogen and oxygen atoms in total. The van der Waals surface area contributed by atoms with E-state index in [9.17, 15) is 29.0 Å². The van der Waals surface area contributed by atoms with Crippen LogP contribution in [0.2, 0.25) is 33.2 Å². The minimum Gasteiger partial charge on any atom is -0.495 e. The SMILES string of the molecule is COCn1c(CCO[Si](C(C)C)(C(C)C)C(C)C)nc(-c2ccc(F)cc2)c1-c1ccnc(Nc2cc([N+](=O)[O-])ccc2OC)n1.COCn1c(CCO[Si](C(C)C)(C(C)C)C(C)C)nc(-c2ccc(F)cc2)c1-c1ccnc(Nc2cc([N+](=O)[O-])ccc2OC)n1. The first kappa shape index (κ1) is 71.0. The molecule has 0 radical (unpaired) electrons. The standard InChI is InChI=1S/2C33H43FN6O5Si/c2*1-21(2)46(22(3)4,23(5)6)45-18-16-30-38-31(24-9-11-25(34)12-10-24)32(39(30)20-43-7)27-15-17-35-33(36-27)37-28-19-26(40(41)42)13-14-29(28)44-8/h2*9-15,17,19,21-23H,16,18,20H2,1-8H3,(H,35,36,37). The second-order valence-corrected chi connectivity index (χ2v) is 35.0. The Morgan fingerprint density at radius 1 is 0.489 bits per heavy atom. The van der Waals surface area contributed by atoms with Gasteiger partial charge in [-0.3, -0.25) is 20.2 Å². The van der Waals surface area contributed by atoms with Crippen molar-refractivity contribution in [1.82, 2.24) is 39.0 Å². The van der Waals surface area contributed by atoms with E-state index in [1.165, 1.54) is 74.9 Å². The molecule has 0 aliphatic heterocycles. The molecule has 0 amide bonds. The van der Waals surface area contributed by atoms with Gasteiger partial charge in [-0.15, -0.1) is 0 Å². The zero-order valence-electron chi connectivity index (χ0n) is 55.4. The number of hydrogen-bond donors (Lipinski definition) is 2. The highest BCUT2D eigenvalue weighted by Crippen LogP contribution is 2.45. The smallest absolute Gasteiger partial charge is 0.271 e. The summed E-state index contributed by atoms with van der Waals surface area (Å²) in [5.74, 6) is 1.94. The summed E-state index contributed by atoms with van der Waals surface area (Å²) in [4.78, 5) is 50.2. The van der Waals surface area contributed by atoms with Crippen molar-refractivity contribution in [2.75, 3.05) is 52.3 Å². The van der Waals surface area contributed by atoms with Crippen molar-refractivity contribution in [2.24, 2.45) is 0 Å². The number of nitrogens with one attached hydrogen (secondary N) is 2. The lowest BCUT2D eigenvalue weighted by molar-refractivity contribution is -0.385. The average molecular weight is 1300 g/mol. The van der Waals surface area contributed by atoms with Crippen LogP contribution in [-0.4, -0.2) is 107 Å². The lowest BCUT2D eigenvalue weighted by Crippen LogP contribution is -2.48. The molecule has 4 aromatic heterocycles. The quantitative estimate of drug-likeness (QED) is 0.0241. The lowest BCUT2D eigenvalue weighted by atomic mass is 10.1. The molecule has 0 bridgehead atoms. The van der Waals surface area contributed by atoms with E-state index in [4.69, 9.17) is 47.7 Å². The van der Waals surface area contributed by atoms with E-state index in [1.54, 1.807) is 63.0 Å². The fourth-order valence-corrected chi connectivity index (χ4v) is 23.8. The van der Waals surface area contributed by atoms with Gasteiger partial charge in [-0.05, 0) is 106 Å². The number of nitrogens with zero attached hydrogens (tertiary/aromatic N) is 10. The molecule has 0 saturated heterocycles. The van der Waals surface area contributed by atoms with E-state index in [1.807, 2.05) is 9.13 Å². The summed E-state index contributed by atoms with van der Waals surface area (Å²) in [6, 6.07) is 24.3. The van der Waals surface area contributed by atoms with Crippen LogP contribution in [0.5, 0.6) is 11.5 Å². The van der Waals surface area contributed by atoms with E-state index in [0.717, 1.165) is 11.6 Å². The number of ether oxygens (including phenoxy) is 4. The van der Waals surface area contributed by atoms with Crippen molar-refractivity contribution in [2.45, 2.75) is 143 Å². The van der Waals surface area contributed by atoms with Gasteiger partial charge in [0, 0.05) is 88.1 Å². The first-order valence-corrected chi connectivity index (χ1v) is 34.9. The topological polar surface area (TPSA) is 253 Å². The predicted molar refractivity (Wildman–Crippen MR) is 359 cm³/mol. The zero-order valence-corrected chi connectivity index (χ0v) is 57.4. The number of rotatable bonds is 30. The number of benzene rings is 4. The molecule has 0 fully saturated rings. The number of nitro benzene ring substituents is 2. The van der Waals surface area contributed by atoms with Crippen molar-refractivity contribution < 1.29 is 46.4 Å². The Balaban J connectivity index is 0.000000261. The van der Waals surface area contributed by atoms with Gasteiger partial charge in [0.2, 0.25) is 11.9 Å². The van der Waals surface area contributed by atoms with Crippen LogP contribution in [0.3, 0.4) is 0 Å². The summed E-state index contributed by atoms with van der Waals surface area (Å²) < 4.78 is 67.6. The Hall–Kier alpha value is -8.41. The molecule has 0 atom stereocenters. The average Bonchev–Trinajstić information content (AvgIpc) is 1.64. The van der Waals surface area contributed by atoms with Crippen LogP contribution >= 0.6 is 0 Å². The van der Waals surface area contributed by atoms with Gasteiger partial charge in [-0.2, -0.15) is 0 Å². The Labute approximate surface area is 539 Å². The molecule has 0 aliphatic carbocycles. The van der Waals surface area contributed by atoms with Gasteiger partial charge in [-0.25, -0.2) is 38.7 Å². The Morgan fingerprint density at radius 3 is 1.12 bits per heavy atom. The Kier molecular flexibility index (Phi) is 24.5. The molecule has 4 aromatic carbocycles. The van der Waals surface area contributed by atoms with Crippen LogP contribution in [0.25, 0.3) is 45.3 Å². The highest BCUT2D eigenvalue weighted by molar-refractivity contribution is 6.78. The highest BCUT2D eigenvalue weighted by atomic mass is 28.4. The summed E-state index contributed by atoms with van der Waals surface area (Å²) in [6.07, 6.45) is 4.23. The van der Waals surface area contributed by atoms with Gasteiger partial charge in [0.25, 0.3) is 11.4 Å². The van der Waals surface area contributed by atoms with Crippen molar-refractivity contribution in [3.63, 3.8) is 0 Å². The minimum absolute atomic E-state index is 0.109. The van der Waals surface area contributed by atoms with Crippen molar-refractivity contribution in [3.8, 4) is 56.8 Å². The number of nitro groups is 2. The van der Waals surface area contributed by atoms with Gasteiger partial charge < -0.3 is 47.6 Å². The molecule has 0 aliphatic rings. The molecule has 2 N–H and O–H groups in total. The van der Waals surface area contributed by atoms with Crippen LogP contribution in [0.15, 0.2) is 109 Å². The number of aromatic nitrogens is 8. The number of hydrogen-bond acceptors (Lipinski definition) is 18. The van der Waals surface area contributed by atoms with Gasteiger partial charge in [0.15, 0.2) is 16.6 Å². The summed E-state index contributed by atoms with van der Waals surface area (Å²) in [6.45, 7) is 28.4. The molecule has 0 spiro atoms. The monoisotopic (exact) mass is 1300 g/mol. The number of anilines is 4. The Bertz CT molecular complexity index is 3490. The van der Waals surface area contributed by atoms with Gasteiger partial charge in [0.05, 0.1) is 69.6 Å². The van der Waals surface area contributed by atoms with Crippen LogP contribution in [0.4, 0.5) is 43.4 Å². The molecule has 8 rings (SSSR count). The molecule has 492 valence electrons. The van der Waals surface area contributed by atoms with E-state index >= 15 is 0 Å². The van der Waals surface area contributed by atoms with Crippen LogP contribution in [0, 0.1) is 31.9 Å². The number of methoxy groups -OCH3 is 4. The molecule has 8 aromatic rings. The van der Waals surface area contributed by atoms with Crippen LogP contribution < -0.4 is 20.1 Å². The lowest BCUT2D eigenvalue weighted by Gasteiger charge is -2.42. The molecule has 4 heterocycles. The first-order chi connectivity index (χ1) is 43.8. The van der Waals surface area contributed by atoms with Gasteiger partial charge in [-0.1, -0.05) is 83.1 Å². The van der Waals surface area contributed by atoms with Crippen LogP contribution in [-0.2, 0) is 44.6 Å². The third kappa shape index (κ3) is 16.1. The maximum atomic E-state index is 14.0. The second-order valence-electron chi connectivity index (χ2n) is 24.1. The summed E-state index contributed by atoms with van der Waals surface area (Å²) >= 11 is 0. The van der Waals surface area contributed by atoms with Gasteiger partial charge >= 0.3 is 0 Å². The molecule has 0 saturated carbocycles. The van der Waals surface area contributed by atoms with E-state index in [-0.39, 0.29) is 48.4 Å². The maximum absolute atomic E-state index is 14.0. The second kappa shape index (κ2) is 31.8. The third-order valence-electron chi connectivity index (χ3n) is 16.7. The third-order valence-corrected chi connectivity index (χ3v) is 28.9. The molecular weight excluding hydrogens is 1210 g/mol. The zero-order chi connectivity index (χ0) is 67.2. The fourth-order valence-electron chi connectivity index (χ4n) is 12.8. The van der Waals surface area contributed by atoms with Crippen LogP contribution in [0.1, 0.15) is 94.7 Å². The summed E-state index contributed by atoms with van der Waals surface area (Å²) in [7, 11) is 1.94. The minimum atomic E-state index is -2.11. The van der Waals surface area contributed by atoms with Gasteiger partial charge in [0.1, 0.15) is 48.2 Å². The normalized spacial score (nSPS) is 11.9. The number of imidazole rings is 2. The largest absolute Gasteiger partial charge is 0.495 e. The first-order valence-electron chi connectivity index (χ1n) is 30.7. The van der Waals surface area contributed by atoms with E-state index in [2.05, 4.69) is 104 Å². The summed E-state index contributed by atoms with van der Waals surface area (Å²) in [5, 5.41) is 29.0. The fraction of sp³-hybridized carbons (Fsp3) is 0.424. The number of halogens is 2. The van der Waals surface area contributed by atoms with E-state index in [0.29, 0.717) is 127 Å². The number of non-ortho nitro benzene ring substituents is 2. The molecular formula is C66H86F2N12O10Si2. The molecule has 26 heteroatoms. The highest BCUT2D eigenvalue weighted by Gasteiger charge is 2.46.